The molecule has 0 saturated heterocycles. The summed E-state index contributed by atoms with van der Waals surface area (Å²) in [5.74, 6) is 0.675. The lowest BCUT2D eigenvalue weighted by Crippen LogP contribution is -2.34. The monoisotopic (exact) mass is 397 g/mol. The SMILES string of the molecule is Cc1ccc(NC2CC(c3ccc(Cl)cc3)C2)cc1I. The van der Waals surface area contributed by atoms with Gasteiger partial charge in [0.15, 0.2) is 0 Å². The third kappa shape index (κ3) is 3.12. The molecule has 1 nitrogen and oxygen atoms in total. The van der Waals surface area contributed by atoms with E-state index in [2.05, 4.69) is 65.2 Å². The van der Waals surface area contributed by atoms with Crippen molar-refractivity contribution in [3.8, 4) is 0 Å². The van der Waals surface area contributed by atoms with E-state index in [9.17, 15) is 0 Å². The number of aryl methyl sites for hydroxylation is 1. The Bertz CT molecular complexity index is 603. The molecule has 1 N–H and O–H groups in total. The smallest absolute Gasteiger partial charge is 0.0406 e. The molecular weight excluding hydrogens is 381 g/mol. The predicted octanol–water partition coefficient (Wildman–Crippen LogP) is 5.61. The van der Waals surface area contributed by atoms with Gasteiger partial charge in [-0.3, -0.25) is 0 Å². The van der Waals surface area contributed by atoms with Gasteiger partial charge in [-0.15, -0.1) is 0 Å². The number of anilines is 1. The molecule has 0 spiro atoms. The van der Waals surface area contributed by atoms with Gasteiger partial charge < -0.3 is 5.32 Å². The Morgan fingerprint density at radius 1 is 1.10 bits per heavy atom. The van der Waals surface area contributed by atoms with E-state index in [1.54, 1.807) is 0 Å². The van der Waals surface area contributed by atoms with E-state index in [1.165, 1.54) is 33.2 Å². The first-order valence-corrected chi connectivity index (χ1v) is 8.35. The van der Waals surface area contributed by atoms with Crippen LogP contribution in [-0.2, 0) is 0 Å². The molecule has 1 saturated carbocycles. The van der Waals surface area contributed by atoms with E-state index in [-0.39, 0.29) is 0 Å². The Kier molecular flexibility index (Phi) is 4.22. The summed E-state index contributed by atoms with van der Waals surface area (Å²) in [5.41, 5.74) is 3.98. The van der Waals surface area contributed by atoms with Gasteiger partial charge in [0, 0.05) is 20.3 Å². The van der Waals surface area contributed by atoms with Crippen molar-refractivity contribution >= 4 is 39.9 Å². The summed E-state index contributed by atoms with van der Waals surface area (Å²) in [6.45, 7) is 2.14. The fourth-order valence-electron chi connectivity index (χ4n) is 2.66. The van der Waals surface area contributed by atoms with Crippen LogP contribution in [0.5, 0.6) is 0 Å². The van der Waals surface area contributed by atoms with Crippen LogP contribution >= 0.6 is 34.2 Å². The standard InChI is InChI=1S/C17H17ClIN/c1-11-2-7-15(10-17(11)19)20-16-8-13(9-16)12-3-5-14(18)6-4-12/h2-7,10,13,16,20H,8-9H2,1H3. The van der Waals surface area contributed by atoms with Gasteiger partial charge in [0.2, 0.25) is 0 Å². The van der Waals surface area contributed by atoms with E-state index < -0.39 is 0 Å². The van der Waals surface area contributed by atoms with Gasteiger partial charge in [0.05, 0.1) is 0 Å². The van der Waals surface area contributed by atoms with Gasteiger partial charge in [-0.2, -0.15) is 0 Å². The highest BCUT2D eigenvalue weighted by Crippen LogP contribution is 2.38. The highest BCUT2D eigenvalue weighted by atomic mass is 127. The number of hydrogen-bond donors (Lipinski definition) is 1. The van der Waals surface area contributed by atoms with Gasteiger partial charge in [-0.25, -0.2) is 0 Å². The van der Waals surface area contributed by atoms with Gasteiger partial charge in [0.25, 0.3) is 0 Å². The summed E-state index contributed by atoms with van der Waals surface area (Å²) in [7, 11) is 0. The summed E-state index contributed by atoms with van der Waals surface area (Å²) in [4.78, 5) is 0. The molecule has 0 heterocycles. The van der Waals surface area contributed by atoms with Crippen molar-refractivity contribution in [1.29, 1.82) is 0 Å². The van der Waals surface area contributed by atoms with Crippen molar-refractivity contribution in [2.75, 3.05) is 5.32 Å². The third-order valence-corrected chi connectivity index (χ3v) is 5.44. The molecule has 3 heteroatoms. The molecule has 0 aliphatic heterocycles. The molecule has 0 aromatic heterocycles. The zero-order chi connectivity index (χ0) is 14.1. The van der Waals surface area contributed by atoms with Crippen LogP contribution in [-0.4, -0.2) is 6.04 Å². The molecule has 1 aliphatic carbocycles. The zero-order valence-electron chi connectivity index (χ0n) is 11.4. The Balaban J connectivity index is 1.58. The molecule has 0 atom stereocenters. The second-order valence-electron chi connectivity index (χ2n) is 5.53. The predicted molar refractivity (Wildman–Crippen MR) is 94.7 cm³/mol. The van der Waals surface area contributed by atoms with Crippen LogP contribution in [0.2, 0.25) is 5.02 Å². The van der Waals surface area contributed by atoms with Gasteiger partial charge in [-0.05, 0) is 83.7 Å². The molecule has 0 unspecified atom stereocenters. The van der Waals surface area contributed by atoms with Crippen molar-refractivity contribution in [1.82, 2.24) is 0 Å². The normalized spacial score (nSPS) is 21.4. The molecule has 104 valence electrons. The van der Waals surface area contributed by atoms with Crippen LogP contribution in [0.4, 0.5) is 5.69 Å². The Hall–Kier alpha value is -0.740. The van der Waals surface area contributed by atoms with Crippen LogP contribution < -0.4 is 5.32 Å². The largest absolute Gasteiger partial charge is 0.382 e. The second kappa shape index (κ2) is 5.94. The zero-order valence-corrected chi connectivity index (χ0v) is 14.3. The van der Waals surface area contributed by atoms with Crippen LogP contribution in [0.3, 0.4) is 0 Å². The number of rotatable bonds is 3. The molecule has 3 rings (SSSR count). The van der Waals surface area contributed by atoms with Crippen LogP contribution in [0.15, 0.2) is 42.5 Å². The van der Waals surface area contributed by atoms with Gasteiger partial charge in [0.1, 0.15) is 0 Å². The molecule has 2 aromatic carbocycles. The van der Waals surface area contributed by atoms with E-state index in [0.29, 0.717) is 12.0 Å². The van der Waals surface area contributed by atoms with Crippen molar-refractivity contribution in [2.45, 2.75) is 31.7 Å². The number of nitrogens with one attached hydrogen (secondary N) is 1. The van der Waals surface area contributed by atoms with E-state index in [1.807, 2.05) is 12.1 Å². The molecule has 0 amide bonds. The van der Waals surface area contributed by atoms with E-state index in [0.717, 1.165) is 5.02 Å². The second-order valence-corrected chi connectivity index (χ2v) is 7.12. The minimum absolute atomic E-state index is 0.592. The Morgan fingerprint density at radius 2 is 1.80 bits per heavy atom. The maximum atomic E-state index is 5.93. The van der Waals surface area contributed by atoms with Crippen LogP contribution in [0.25, 0.3) is 0 Å². The number of hydrogen-bond acceptors (Lipinski definition) is 1. The average Bonchev–Trinajstić information content (AvgIpc) is 2.39. The Labute approximate surface area is 138 Å². The van der Waals surface area contributed by atoms with E-state index >= 15 is 0 Å². The minimum atomic E-state index is 0.592. The summed E-state index contributed by atoms with van der Waals surface area (Å²) >= 11 is 8.32. The van der Waals surface area contributed by atoms with Crippen LogP contribution in [0, 0.1) is 10.5 Å². The maximum Gasteiger partial charge on any atom is 0.0406 e. The van der Waals surface area contributed by atoms with Gasteiger partial charge >= 0.3 is 0 Å². The fourth-order valence-corrected chi connectivity index (χ4v) is 3.30. The summed E-state index contributed by atoms with van der Waals surface area (Å²) in [6.07, 6.45) is 2.40. The quantitative estimate of drug-likeness (QED) is 0.664. The fraction of sp³-hybridized carbons (Fsp3) is 0.294. The molecule has 1 fully saturated rings. The average molecular weight is 398 g/mol. The lowest BCUT2D eigenvalue weighted by Gasteiger charge is -2.37. The molecule has 20 heavy (non-hydrogen) atoms. The molecule has 2 aromatic rings. The lowest BCUT2D eigenvalue weighted by molar-refractivity contribution is 0.374. The van der Waals surface area contributed by atoms with Crippen LogP contribution in [0.1, 0.15) is 29.9 Å². The summed E-state index contributed by atoms with van der Waals surface area (Å²) in [6, 6.07) is 15.4. The first-order valence-electron chi connectivity index (χ1n) is 6.90. The summed E-state index contributed by atoms with van der Waals surface area (Å²) in [5, 5.41) is 4.44. The lowest BCUT2D eigenvalue weighted by atomic mass is 9.76. The van der Waals surface area contributed by atoms with Crippen molar-refractivity contribution < 1.29 is 0 Å². The highest BCUT2D eigenvalue weighted by molar-refractivity contribution is 14.1. The minimum Gasteiger partial charge on any atom is -0.382 e. The Morgan fingerprint density at radius 3 is 2.45 bits per heavy atom. The molecule has 0 bridgehead atoms. The first-order chi connectivity index (χ1) is 9.61. The van der Waals surface area contributed by atoms with Gasteiger partial charge in [-0.1, -0.05) is 29.8 Å². The molecule has 0 radical (unpaired) electrons. The van der Waals surface area contributed by atoms with E-state index in [4.69, 9.17) is 11.6 Å². The topological polar surface area (TPSA) is 12.0 Å². The number of benzene rings is 2. The number of halogens is 2. The summed E-state index contributed by atoms with van der Waals surface area (Å²) < 4.78 is 1.32. The molecular formula is C17H17ClIN. The van der Waals surface area contributed by atoms with Crippen molar-refractivity contribution in [3.63, 3.8) is 0 Å². The first kappa shape index (κ1) is 14.2. The highest BCUT2D eigenvalue weighted by Gasteiger charge is 2.30. The van der Waals surface area contributed by atoms with Crippen molar-refractivity contribution in [2.24, 2.45) is 0 Å². The third-order valence-electron chi connectivity index (χ3n) is 4.02. The molecule has 1 aliphatic rings. The van der Waals surface area contributed by atoms with Crippen molar-refractivity contribution in [3.05, 3.63) is 62.2 Å². The maximum absolute atomic E-state index is 5.93.